The number of benzene rings is 1. The fourth-order valence-electron chi connectivity index (χ4n) is 1.71. The first kappa shape index (κ1) is 11.3. The second kappa shape index (κ2) is 4.79. The first-order valence-electron chi connectivity index (χ1n) is 5.49. The Balaban J connectivity index is 2.56. The van der Waals surface area contributed by atoms with Crippen LogP contribution in [0.25, 0.3) is 5.76 Å². The van der Waals surface area contributed by atoms with E-state index in [1.54, 1.807) is 18.2 Å². The average molecular weight is 231 g/mol. The smallest absolute Gasteiger partial charge is 0.172 e. The van der Waals surface area contributed by atoms with Gasteiger partial charge in [-0.15, -0.1) is 0 Å². The van der Waals surface area contributed by atoms with Crippen molar-refractivity contribution in [3.8, 4) is 17.6 Å². The molecule has 0 bridgehead atoms. The summed E-state index contributed by atoms with van der Waals surface area (Å²) in [6.45, 7) is 2.83. The van der Waals surface area contributed by atoms with Crippen molar-refractivity contribution in [2.75, 3.05) is 13.2 Å². The largest absolute Gasteiger partial charge is 0.508 e. The van der Waals surface area contributed by atoms with E-state index in [-0.39, 0.29) is 5.76 Å². The summed E-state index contributed by atoms with van der Waals surface area (Å²) in [4.78, 5) is 0. The molecule has 0 amide bonds. The summed E-state index contributed by atoms with van der Waals surface area (Å²) in [6, 6.07) is 5.27. The van der Waals surface area contributed by atoms with Crippen molar-refractivity contribution in [3.63, 3.8) is 0 Å². The second-order valence-corrected chi connectivity index (χ2v) is 3.66. The highest BCUT2D eigenvalue weighted by molar-refractivity contribution is 5.70. The number of nitrogens with zero attached hydrogens (tertiary/aromatic N) is 1. The van der Waals surface area contributed by atoms with E-state index in [2.05, 4.69) is 0 Å². The highest BCUT2D eigenvalue weighted by atomic mass is 16.6. The van der Waals surface area contributed by atoms with Crippen LogP contribution in [-0.4, -0.2) is 18.3 Å². The number of allylic oxidation sites excluding steroid dienone is 1. The molecule has 1 N–H and O–H groups in total. The third-order valence-corrected chi connectivity index (χ3v) is 2.44. The molecule has 0 spiro atoms. The van der Waals surface area contributed by atoms with Gasteiger partial charge in [0.15, 0.2) is 11.5 Å². The summed E-state index contributed by atoms with van der Waals surface area (Å²) >= 11 is 0. The molecule has 4 heteroatoms. The molecule has 0 atom stereocenters. The Morgan fingerprint density at radius 3 is 2.94 bits per heavy atom. The average Bonchev–Trinajstić information content (AvgIpc) is 2.37. The second-order valence-electron chi connectivity index (χ2n) is 3.66. The fraction of sp³-hybridized carbons (Fsp3) is 0.308. The SMILES string of the molecule is CC/C=C(/O)c1cc(C#N)cc2c1OCCO2. The van der Waals surface area contributed by atoms with Crippen molar-refractivity contribution in [3.05, 3.63) is 29.3 Å². The van der Waals surface area contributed by atoms with E-state index in [1.165, 1.54) is 0 Å². The Hall–Kier alpha value is -2.15. The third-order valence-electron chi connectivity index (χ3n) is 2.44. The van der Waals surface area contributed by atoms with Gasteiger partial charge in [0, 0.05) is 6.07 Å². The molecular weight excluding hydrogens is 218 g/mol. The Labute approximate surface area is 99.7 Å². The maximum absolute atomic E-state index is 9.91. The molecule has 1 aliphatic heterocycles. The van der Waals surface area contributed by atoms with Crippen molar-refractivity contribution in [2.45, 2.75) is 13.3 Å². The standard InChI is InChI=1S/C13H13NO3/c1-2-3-11(15)10-6-9(8-14)7-12-13(10)17-5-4-16-12/h3,6-7,15H,2,4-5H2,1H3/b11-3+. The molecule has 1 aromatic rings. The number of rotatable bonds is 2. The fourth-order valence-corrected chi connectivity index (χ4v) is 1.71. The summed E-state index contributed by atoms with van der Waals surface area (Å²) in [5.41, 5.74) is 0.959. The number of hydrogen-bond acceptors (Lipinski definition) is 4. The maximum Gasteiger partial charge on any atom is 0.172 e. The van der Waals surface area contributed by atoms with E-state index in [1.807, 2.05) is 13.0 Å². The lowest BCUT2D eigenvalue weighted by Gasteiger charge is -2.21. The first-order valence-corrected chi connectivity index (χ1v) is 5.49. The van der Waals surface area contributed by atoms with Crippen LogP contribution < -0.4 is 9.47 Å². The van der Waals surface area contributed by atoms with Crippen molar-refractivity contribution in [1.29, 1.82) is 5.26 Å². The topological polar surface area (TPSA) is 62.5 Å². The number of aliphatic hydroxyl groups is 1. The van der Waals surface area contributed by atoms with Gasteiger partial charge in [-0.1, -0.05) is 6.92 Å². The highest BCUT2D eigenvalue weighted by Gasteiger charge is 2.19. The normalized spacial score (nSPS) is 14.2. The molecule has 88 valence electrons. The van der Waals surface area contributed by atoms with E-state index in [4.69, 9.17) is 14.7 Å². The summed E-state index contributed by atoms with van der Waals surface area (Å²) in [6.07, 6.45) is 2.38. The predicted molar refractivity (Wildman–Crippen MR) is 63.0 cm³/mol. The molecule has 1 aromatic carbocycles. The summed E-state index contributed by atoms with van der Waals surface area (Å²) < 4.78 is 10.9. The van der Waals surface area contributed by atoms with Crippen LogP contribution in [0.5, 0.6) is 11.5 Å². The minimum atomic E-state index is 0.117. The molecule has 0 saturated carbocycles. The summed E-state index contributed by atoms with van der Waals surface area (Å²) in [7, 11) is 0. The van der Waals surface area contributed by atoms with Gasteiger partial charge in [0.1, 0.15) is 19.0 Å². The number of ether oxygens (including phenoxy) is 2. The zero-order valence-electron chi connectivity index (χ0n) is 9.56. The van der Waals surface area contributed by atoms with Gasteiger partial charge in [-0.05, 0) is 18.6 Å². The van der Waals surface area contributed by atoms with Gasteiger partial charge in [0.2, 0.25) is 0 Å². The van der Waals surface area contributed by atoms with Crippen molar-refractivity contribution in [2.24, 2.45) is 0 Å². The van der Waals surface area contributed by atoms with Gasteiger partial charge >= 0.3 is 0 Å². The molecule has 17 heavy (non-hydrogen) atoms. The number of hydrogen-bond donors (Lipinski definition) is 1. The van der Waals surface area contributed by atoms with Crippen molar-refractivity contribution in [1.82, 2.24) is 0 Å². The molecular formula is C13H13NO3. The molecule has 0 radical (unpaired) electrons. The lowest BCUT2D eigenvalue weighted by Crippen LogP contribution is -2.16. The predicted octanol–water partition coefficient (Wildman–Crippen LogP) is 2.64. The monoisotopic (exact) mass is 231 g/mol. The van der Waals surface area contributed by atoms with Crippen LogP contribution in [0.4, 0.5) is 0 Å². The van der Waals surface area contributed by atoms with E-state index in [9.17, 15) is 5.11 Å². The molecule has 1 aliphatic rings. The molecule has 0 aliphatic carbocycles. The summed E-state index contributed by atoms with van der Waals surface area (Å²) in [5.74, 6) is 1.14. The Kier molecular flexibility index (Phi) is 3.20. The van der Waals surface area contributed by atoms with Crippen LogP contribution in [-0.2, 0) is 0 Å². The zero-order valence-corrected chi connectivity index (χ0v) is 9.56. The Bertz CT molecular complexity index is 500. The summed E-state index contributed by atoms with van der Waals surface area (Å²) in [5, 5.41) is 18.8. The Morgan fingerprint density at radius 1 is 1.47 bits per heavy atom. The van der Waals surface area contributed by atoms with Crippen molar-refractivity contribution >= 4 is 5.76 Å². The van der Waals surface area contributed by atoms with Crippen molar-refractivity contribution < 1.29 is 14.6 Å². The maximum atomic E-state index is 9.91. The minimum absolute atomic E-state index is 0.117. The molecule has 0 saturated heterocycles. The first-order chi connectivity index (χ1) is 8.26. The van der Waals surface area contributed by atoms with Gasteiger partial charge in [-0.3, -0.25) is 0 Å². The molecule has 0 fully saturated rings. The van der Waals surface area contributed by atoms with Crippen LogP contribution in [0.3, 0.4) is 0 Å². The van der Waals surface area contributed by atoms with Gasteiger partial charge in [-0.25, -0.2) is 0 Å². The molecule has 0 aromatic heterocycles. The number of nitriles is 1. The molecule has 2 rings (SSSR count). The lowest BCUT2D eigenvalue weighted by molar-refractivity contribution is 0.170. The van der Waals surface area contributed by atoms with Crippen LogP contribution in [0.15, 0.2) is 18.2 Å². The van der Waals surface area contributed by atoms with E-state index < -0.39 is 0 Å². The minimum Gasteiger partial charge on any atom is -0.508 e. The number of fused-ring (bicyclic) bond motifs is 1. The molecule has 1 heterocycles. The highest BCUT2D eigenvalue weighted by Crippen LogP contribution is 2.38. The quantitative estimate of drug-likeness (QED) is 0.795. The van der Waals surface area contributed by atoms with E-state index >= 15 is 0 Å². The van der Waals surface area contributed by atoms with Gasteiger partial charge in [0.05, 0.1) is 17.2 Å². The third kappa shape index (κ3) is 2.18. The van der Waals surface area contributed by atoms with Crippen LogP contribution >= 0.6 is 0 Å². The van der Waals surface area contributed by atoms with Gasteiger partial charge < -0.3 is 14.6 Å². The lowest BCUT2D eigenvalue weighted by atomic mass is 10.1. The van der Waals surface area contributed by atoms with Gasteiger partial charge in [0.25, 0.3) is 0 Å². The number of aliphatic hydroxyl groups excluding tert-OH is 1. The van der Waals surface area contributed by atoms with E-state index in [0.29, 0.717) is 42.3 Å². The van der Waals surface area contributed by atoms with Crippen LogP contribution in [0.2, 0.25) is 0 Å². The van der Waals surface area contributed by atoms with Gasteiger partial charge in [-0.2, -0.15) is 5.26 Å². The zero-order chi connectivity index (χ0) is 12.3. The van der Waals surface area contributed by atoms with Crippen LogP contribution in [0.1, 0.15) is 24.5 Å². The molecule has 4 nitrogen and oxygen atoms in total. The van der Waals surface area contributed by atoms with Crippen LogP contribution in [0, 0.1) is 11.3 Å². The molecule has 0 unspecified atom stereocenters. The van der Waals surface area contributed by atoms with E-state index in [0.717, 1.165) is 0 Å². The Morgan fingerprint density at radius 2 is 2.24 bits per heavy atom.